The minimum absolute atomic E-state index is 0.369. The van der Waals surface area contributed by atoms with Gasteiger partial charge in [-0.05, 0) is 80.6 Å². The molecule has 5 fully saturated rings. The van der Waals surface area contributed by atoms with Crippen molar-refractivity contribution in [1.29, 1.82) is 0 Å². The second-order valence-corrected chi connectivity index (χ2v) is 8.40. The molecule has 4 saturated carbocycles. The summed E-state index contributed by atoms with van der Waals surface area (Å²) in [6, 6.07) is 0.452. The fourth-order valence-corrected chi connectivity index (χ4v) is 6.49. The Kier molecular flexibility index (Phi) is 2.97. The summed E-state index contributed by atoms with van der Waals surface area (Å²) in [5.41, 5.74) is 0.645. The summed E-state index contributed by atoms with van der Waals surface area (Å²) in [6.45, 7) is 5.22. The Hall–Kier alpha value is -0.0800. The fraction of sp³-hybridized carbons (Fsp3) is 1.00. The Balaban J connectivity index is 1.50. The van der Waals surface area contributed by atoms with Crippen molar-refractivity contribution in [2.24, 2.45) is 29.1 Å². The molecule has 108 valence electrons. The molecule has 0 aromatic heterocycles. The van der Waals surface area contributed by atoms with E-state index in [-0.39, 0.29) is 0 Å². The highest BCUT2D eigenvalue weighted by Gasteiger charge is 2.52. The average molecular weight is 263 g/mol. The van der Waals surface area contributed by atoms with Gasteiger partial charge in [0.2, 0.25) is 0 Å². The van der Waals surface area contributed by atoms with E-state index in [4.69, 9.17) is 0 Å². The maximum absolute atomic E-state index is 9.68. The van der Waals surface area contributed by atoms with Crippen molar-refractivity contribution in [3.05, 3.63) is 0 Å². The number of nitrogens with zero attached hydrogens (tertiary/aromatic N) is 1. The SMILES string of the molecule is CC1CCN(CC23CC4CC(CC(C4)C2)C3)C1CO. The summed E-state index contributed by atoms with van der Waals surface area (Å²) >= 11 is 0. The molecule has 1 N–H and O–H groups in total. The quantitative estimate of drug-likeness (QED) is 0.846. The zero-order valence-electron chi connectivity index (χ0n) is 12.4. The molecule has 1 heterocycles. The highest BCUT2D eigenvalue weighted by molar-refractivity contribution is 5.03. The van der Waals surface area contributed by atoms with Crippen molar-refractivity contribution in [3.63, 3.8) is 0 Å². The first-order chi connectivity index (χ1) is 9.17. The summed E-state index contributed by atoms with van der Waals surface area (Å²) in [4.78, 5) is 2.65. The zero-order chi connectivity index (χ0) is 13.0. The van der Waals surface area contributed by atoms with E-state index in [9.17, 15) is 5.11 Å². The summed E-state index contributed by atoms with van der Waals surface area (Å²) in [5.74, 6) is 3.86. The molecular weight excluding hydrogens is 234 g/mol. The maximum atomic E-state index is 9.68. The molecule has 4 bridgehead atoms. The second kappa shape index (κ2) is 4.46. The molecule has 0 spiro atoms. The van der Waals surface area contributed by atoms with Crippen molar-refractivity contribution in [1.82, 2.24) is 4.90 Å². The van der Waals surface area contributed by atoms with Gasteiger partial charge in [-0.3, -0.25) is 4.90 Å². The Labute approximate surface area is 117 Å². The van der Waals surface area contributed by atoms with Gasteiger partial charge >= 0.3 is 0 Å². The monoisotopic (exact) mass is 263 g/mol. The van der Waals surface area contributed by atoms with Crippen molar-refractivity contribution in [2.75, 3.05) is 19.7 Å². The maximum Gasteiger partial charge on any atom is 0.0589 e. The Morgan fingerprint density at radius 2 is 1.63 bits per heavy atom. The predicted molar refractivity (Wildman–Crippen MR) is 76.8 cm³/mol. The third-order valence-corrected chi connectivity index (χ3v) is 6.89. The van der Waals surface area contributed by atoms with E-state index in [2.05, 4.69) is 11.8 Å². The Bertz CT molecular complexity index is 318. The van der Waals surface area contributed by atoms with Crippen molar-refractivity contribution < 1.29 is 5.11 Å². The van der Waals surface area contributed by atoms with Gasteiger partial charge < -0.3 is 5.11 Å². The lowest BCUT2D eigenvalue weighted by atomic mass is 9.49. The molecule has 5 aliphatic rings. The van der Waals surface area contributed by atoms with Gasteiger partial charge in [0.15, 0.2) is 0 Å². The minimum atomic E-state index is 0.369. The second-order valence-electron chi connectivity index (χ2n) is 8.40. The largest absolute Gasteiger partial charge is 0.395 e. The molecule has 4 aliphatic carbocycles. The van der Waals surface area contributed by atoms with Crippen LogP contribution in [-0.2, 0) is 0 Å². The molecule has 0 aromatic rings. The average Bonchev–Trinajstić information content (AvgIpc) is 2.67. The lowest BCUT2D eigenvalue weighted by Crippen LogP contribution is -2.52. The minimum Gasteiger partial charge on any atom is -0.395 e. The third kappa shape index (κ3) is 2.06. The van der Waals surface area contributed by atoms with Gasteiger partial charge in [0.05, 0.1) is 6.61 Å². The highest BCUT2D eigenvalue weighted by atomic mass is 16.3. The van der Waals surface area contributed by atoms with Gasteiger partial charge in [0.1, 0.15) is 0 Å². The zero-order valence-corrected chi connectivity index (χ0v) is 12.4. The standard InChI is InChI=1S/C17H29NO/c1-12-2-3-18(16(12)10-19)11-17-7-13-4-14(8-17)6-15(5-13)9-17/h12-16,19H,2-11H2,1H3. The fourth-order valence-electron chi connectivity index (χ4n) is 6.49. The van der Waals surface area contributed by atoms with Crippen LogP contribution in [0, 0.1) is 29.1 Å². The van der Waals surface area contributed by atoms with Crippen LogP contribution in [0.4, 0.5) is 0 Å². The van der Waals surface area contributed by atoms with Gasteiger partial charge in [-0.25, -0.2) is 0 Å². The van der Waals surface area contributed by atoms with Crippen LogP contribution in [0.25, 0.3) is 0 Å². The topological polar surface area (TPSA) is 23.5 Å². The van der Waals surface area contributed by atoms with Gasteiger partial charge in [0.25, 0.3) is 0 Å². The lowest BCUT2D eigenvalue weighted by Gasteiger charge is -2.58. The smallest absolute Gasteiger partial charge is 0.0589 e. The van der Waals surface area contributed by atoms with Crippen LogP contribution in [0.15, 0.2) is 0 Å². The highest BCUT2D eigenvalue weighted by Crippen LogP contribution is 2.60. The Morgan fingerprint density at radius 3 is 2.16 bits per heavy atom. The first kappa shape index (κ1) is 12.6. The van der Waals surface area contributed by atoms with E-state index in [1.165, 1.54) is 58.0 Å². The number of hydrogen-bond acceptors (Lipinski definition) is 2. The molecule has 1 aliphatic heterocycles. The van der Waals surface area contributed by atoms with Crippen LogP contribution in [0.5, 0.6) is 0 Å². The number of aliphatic hydroxyl groups excluding tert-OH is 1. The molecule has 1 saturated heterocycles. The van der Waals surface area contributed by atoms with E-state index in [0.29, 0.717) is 24.0 Å². The van der Waals surface area contributed by atoms with E-state index in [1.807, 2.05) is 0 Å². The van der Waals surface area contributed by atoms with Crippen LogP contribution in [-0.4, -0.2) is 35.7 Å². The van der Waals surface area contributed by atoms with Crippen LogP contribution in [0.1, 0.15) is 51.9 Å². The van der Waals surface area contributed by atoms with E-state index in [1.54, 1.807) is 0 Å². The van der Waals surface area contributed by atoms with Crippen LogP contribution in [0.2, 0.25) is 0 Å². The van der Waals surface area contributed by atoms with Crippen molar-refractivity contribution >= 4 is 0 Å². The van der Waals surface area contributed by atoms with Crippen molar-refractivity contribution in [3.8, 4) is 0 Å². The van der Waals surface area contributed by atoms with Crippen LogP contribution in [0.3, 0.4) is 0 Å². The molecule has 0 aromatic carbocycles. The van der Waals surface area contributed by atoms with E-state index >= 15 is 0 Å². The lowest BCUT2D eigenvalue weighted by molar-refractivity contribution is -0.0736. The number of likely N-dealkylation sites (tertiary alicyclic amines) is 1. The van der Waals surface area contributed by atoms with Crippen LogP contribution >= 0.6 is 0 Å². The molecule has 19 heavy (non-hydrogen) atoms. The van der Waals surface area contributed by atoms with Gasteiger partial charge in [0, 0.05) is 12.6 Å². The number of hydrogen-bond donors (Lipinski definition) is 1. The van der Waals surface area contributed by atoms with Crippen LogP contribution < -0.4 is 0 Å². The molecule has 2 unspecified atom stereocenters. The predicted octanol–water partition coefficient (Wildman–Crippen LogP) is 2.91. The first-order valence-corrected chi connectivity index (χ1v) is 8.52. The Morgan fingerprint density at radius 1 is 1.05 bits per heavy atom. The van der Waals surface area contributed by atoms with E-state index in [0.717, 1.165) is 17.8 Å². The molecule has 2 nitrogen and oxygen atoms in total. The van der Waals surface area contributed by atoms with E-state index < -0.39 is 0 Å². The normalized spacial score (nSPS) is 53.1. The van der Waals surface area contributed by atoms with Gasteiger partial charge in [-0.1, -0.05) is 6.92 Å². The molecular formula is C17H29NO. The molecule has 0 radical (unpaired) electrons. The summed E-state index contributed by atoms with van der Waals surface area (Å²) in [6.07, 6.45) is 10.4. The summed E-state index contributed by atoms with van der Waals surface area (Å²) in [5, 5.41) is 9.68. The molecule has 2 atom stereocenters. The molecule has 5 rings (SSSR count). The molecule has 2 heteroatoms. The molecule has 0 amide bonds. The summed E-state index contributed by atoms with van der Waals surface area (Å²) < 4.78 is 0. The van der Waals surface area contributed by atoms with Gasteiger partial charge in [-0.2, -0.15) is 0 Å². The van der Waals surface area contributed by atoms with Crippen molar-refractivity contribution in [2.45, 2.75) is 57.9 Å². The first-order valence-electron chi connectivity index (χ1n) is 8.52. The van der Waals surface area contributed by atoms with Gasteiger partial charge in [-0.15, -0.1) is 0 Å². The third-order valence-electron chi connectivity index (χ3n) is 6.89. The number of aliphatic hydroxyl groups is 1. The number of rotatable bonds is 3. The summed E-state index contributed by atoms with van der Waals surface area (Å²) in [7, 11) is 0.